The number of hydrogen-bond acceptors (Lipinski definition) is 3. The molecular formula is C17H18BrN3O. The second kappa shape index (κ2) is 6.92. The molecule has 0 spiro atoms. The Balaban J connectivity index is 1.81. The van der Waals surface area contributed by atoms with Gasteiger partial charge in [0, 0.05) is 13.1 Å². The van der Waals surface area contributed by atoms with E-state index in [4.69, 9.17) is 0 Å². The number of piperidine rings is 1. The Labute approximate surface area is 138 Å². The van der Waals surface area contributed by atoms with Crippen LogP contribution in [0.5, 0.6) is 0 Å². The number of rotatable bonds is 3. The van der Waals surface area contributed by atoms with Crippen molar-refractivity contribution < 1.29 is 4.79 Å². The number of hydrogen-bond donors (Lipinski definition) is 1. The fourth-order valence-electron chi connectivity index (χ4n) is 2.71. The van der Waals surface area contributed by atoms with Crippen molar-refractivity contribution in [2.24, 2.45) is 0 Å². The standard InChI is InChI=1S/C17H18BrN3O/c18-16-10-6-8-14(19-16)17(22)20-13-7-2-3-9-15(13)21-11-4-1-5-12-21/h2-3,6-10H,1,4-5,11-12H2,(H,20,22). The van der Waals surface area contributed by atoms with Crippen LogP contribution in [0, 0.1) is 0 Å². The molecular weight excluding hydrogens is 342 g/mol. The molecule has 5 heteroatoms. The van der Waals surface area contributed by atoms with Gasteiger partial charge in [-0.15, -0.1) is 0 Å². The fraction of sp³-hybridized carbons (Fsp3) is 0.294. The second-order valence-corrected chi connectivity index (χ2v) is 6.18. The molecule has 114 valence electrons. The van der Waals surface area contributed by atoms with Crippen molar-refractivity contribution in [3.8, 4) is 0 Å². The Morgan fingerprint density at radius 1 is 1.05 bits per heavy atom. The summed E-state index contributed by atoms with van der Waals surface area (Å²) >= 11 is 3.29. The van der Waals surface area contributed by atoms with Crippen molar-refractivity contribution in [2.75, 3.05) is 23.3 Å². The van der Waals surface area contributed by atoms with Crippen molar-refractivity contribution in [3.63, 3.8) is 0 Å². The second-order valence-electron chi connectivity index (χ2n) is 5.36. The third kappa shape index (κ3) is 3.47. The summed E-state index contributed by atoms with van der Waals surface area (Å²) in [5, 5.41) is 2.99. The zero-order valence-corrected chi connectivity index (χ0v) is 13.8. The summed E-state index contributed by atoms with van der Waals surface area (Å²) in [6, 6.07) is 13.3. The van der Waals surface area contributed by atoms with Gasteiger partial charge in [-0.05, 0) is 59.5 Å². The molecule has 1 N–H and O–H groups in total. The van der Waals surface area contributed by atoms with E-state index in [1.54, 1.807) is 12.1 Å². The summed E-state index contributed by atoms with van der Waals surface area (Å²) in [7, 11) is 0. The minimum absolute atomic E-state index is 0.189. The van der Waals surface area contributed by atoms with Crippen LogP contribution in [0.2, 0.25) is 0 Å². The summed E-state index contributed by atoms with van der Waals surface area (Å²) in [4.78, 5) is 18.9. The lowest BCUT2D eigenvalue weighted by atomic mass is 10.1. The molecule has 0 aliphatic carbocycles. The first-order chi connectivity index (χ1) is 10.7. The number of nitrogens with zero attached hydrogens (tertiary/aromatic N) is 2. The van der Waals surface area contributed by atoms with Crippen LogP contribution in [0.15, 0.2) is 47.1 Å². The molecule has 0 saturated carbocycles. The highest BCUT2D eigenvalue weighted by Gasteiger charge is 2.16. The first-order valence-electron chi connectivity index (χ1n) is 7.52. The first-order valence-corrected chi connectivity index (χ1v) is 8.31. The lowest BCUT2D eigenvalue weighted by molar-refractivity contribution is 0.102. The van der Waals surface area contributed by atoms with E-state index in [1.165, 1.54) is 19.3 Å². The fourth-order valence-corrected chi connectivity index (χ4v) is 3.05. The highest BCUT2D eigenvalue weighted by atomic mass is 79.9. The third-order valence-electron chi connectivity index (χ3n) is 3.80. The van der Waals surface area contributed by atoms with Crippen molar-refractivity contribution in [1.29, 1.82) is 0 Å². The van der Waals surface area contributed by atoms with Gasteiger partial charge in [0.15, 0.2) is 0 Å². The first kappa shape index (κ1) is 15.0. The smallest absolute Gasteiger partial charge is 0.274 e. The number of para-hydroxylation sites is 2. The van der Waals surface area contributed by atoms with E-state index < -0.39 is 0 Å². The maximum absolute atomic E-state index is 12.4. The van der Waals surface area contributed by atoms with Gasteiger partial charge in [-0.2, -0.15) is 0 Å². The number of nitrogens with one attached hydrogen (secondary N) is 1. The Morgan fingerprint density at radius 3 is 2.59 bits per heavy atom. The molecule has 3 rings (SSSR count). The Bertz CT molecular complexity index is 668. The molecule has 4 nitrogen and oxygen atoms in total. The van der Waals surface area contributed by atoms with Gasteiger partial charge in [0.2, 0.25) is 0 Å². The van der Waals surface area contributed by atoms with E-state index in [0.29, 0.717) is 10.3 Å². The summed E-state index contributed by atoms with van der Waals surface area (Å²) in [6.45, 7) is 2.09. The predicted octanol–water partition coefficient (Wildman–Crippen LogP) is 4.09. The highest BCUT2D eigenvalue weighted by molar-refractivity contribution is 9.10. The van der Waals surface area contributed by atoms with E-state index in [0.717, 1.165) is 24.5 Å². The van der Waals surface area contributed by atoms with Crippen LogP contribution in [-0.2, 0) is 0 Å². The minimum atomic E-state index is -0.189. The normalized spacial score (nSPS) is 14.7. The average Bonchev–Trinajstić information content (AvgIpc) is 2.56. The minimum Gasteiger partial charge on any atom is -0.370 e. The van der Waals surface area contributed by atoms with Crippen LogP contribution in [-0.4, -0.2) is 24.0 Å². The third-order valence-corrected chi connectivity index (χ3v) is 4.24. The van der Waals surface area contributed by atoms with Crippen LogP contribution in [0.1, 0.15) is 29.8 Å². The number of halogens is 1. The largest absolute Gasteiger partial charge is 0.370 e. The van der Waals surface area contributed by atoms with E-state index in [2.05, 4.69) is 37.2 Å². The molecule has 2 heterocycles. The van der Waals surface area contributed by atoms with Gasteiger partial charge >= 0.3 is 0 Å². The highest BCUT2D eigenvalue weighted by Crippen LogP contribution is 2.28. The van der Waals surface area contributed by atoms with E-state index in [-0.39, 0.29) is 5.91 Å². The molecule has 1 fully saturated rings. The number of amides is 1. The van der Waals surface area contributed by atoms with Gasteiger partial charge in [0.25, 0.3) is 5.91 Å². The number of benzene rings is 1. The van der Waals surface area contributed by atoms with Gasteiger partial charge in [-0.3, -0.25) is 4.79 Å². The monoisotopic (exact) mass is 359 g/mol. The average molecular weight is 360 g/mol. The lowest BCUT2D eigenvalue weighted by Gasteiger charge is -2.30. The molecule has 1 aliphatic rings. The van der Waals surface area contributed by atoms with Gasteiger partial charge < -0.3 is 10.2 Å². The van der Waals surface area contributed by atoms with Crippen molar-refractivity contribution >= 4 is 33.2 Å². The number of carbonyl (C=O) groups is 1. The van der Waals surface area contributed by atoms with Crippen LogP contribution in [0.4, 0.5) is 11.4 Å². The molecule has 2 aromatic rings. The number of pyridine rings is 1. The summed E-state index contributed by atoms with van der Waals surface area (Å²) in [6.07, 6.45) is 3.69. The molecule has 1 aromatic carbocycles. The van der Waals surface area contributed by atoms with Gasteiger partial charge in [0.05, 0.1) is 11.4 Å². The zero-order valence-electron chi connectivity index (χ0n) is 12.3. The Kier molecular flexibility index (Phi) is 4.73. The molecule has 1 amide bonds. The molecule has 1 saturated heterocycles. The molecule has 0 atom stereocenters. The topological polar surface area (TPSA) is 45.2 Å². The molecule has 1 aromatic heterocycles. The van der Waals surface area contributed by atoms with Crippen LogP contribution < -0.4 is 10.2 Å². The Morgan fingerprint density at radius 2 is 1.82 bits per heavy atom. The van der Waals surface area contributed by atoms with Gasteiger partial charge in [-0.1, -0.05) is 18.2 Å². The maximum Gasteiger partial charge on any atom is 0.274 e. The zero-order chi connectivity index (χ0) is 15.4. The molecule has 0 bridgehead atoms. The van der Waals surface area contributed by atoms with E-state index in [9.17, 15) is 4.79 Å². The lowest BCUT2D eigenvalue weighted by Crippen LogP contribution is -2.30. The van der Waals surface area contributed by atoms with E-state index in [1.807, 2.05) is 24.3 Å². The van der Waals surface area contributed by atoms with Gasteiger partial charge in [0.1, 0.15) is 10.3 Å². The molecule has 0 unspecified atom stereocenters. The van der Waals surface area contributed by atoms with Crippen LogP contribution in [0.3, 0.4) is 0 Å². The number of anilines is 2. The van der Waals surface area contributed by atoms with Crippen molar-refractivity contribution in [2.45, 2.75) is 19.3 Å². The number of carbonyl (C=O) groups excluding carboxylic acids is 1. The van der Waals surface area contributed by atoms with Crippen molar-refractivity contribution in [3.05, 3.63) is 52.8 Å². The molecule has 1 aliphatic heterocycles. The summed E-state index contributed by atoms with van der Waals surface area (Å²) < 4.78 is 0.657. The quantitative estimate of drug-likeness (QED) is 0.839. The van der Waals surface area contributed by atoms with E-state index >= 15 is 0 Å². The SMILES string of the molecule is O=C(Nc1ccccc1N1CCCCC1)c1cccc(Br)n1. The molecule has 22 heavy (non-hydrogen) atoms. The predicted molar refractivity (Wildman–Crippen MR) is 92.4 cm³/mol. The van der Waals surface area contributed by atoms with Gasteiger partial charge in [-0.25, -0.2) is 4.98 Å². The van der Waals surface area contributed by atoms with Crippen molar-refractivity contribution in [1.82, 2.24) is 4.98 Å². The summed E-state index contributed by atoms with van der Waals surface area (Å²) in [5.74, 6) is -0.189. The maximum atomic E-state index is 12.4. The van der Waals surface area contributed by atoms with Crippen LogP contribution in [0.25, 0.3) is 0 Å². The Hall–Kier alpha value is -1.88. The molecule has 0 radical (unpaired) electrons. The summed E-state index contributed by atoms with van der Waals surface area (Å²) in [5.41, 5.74) is 2.34. The number of aromatic nitrogens is 1. The van der Waals surface area contributed by atoms with Crippen LogP contribution >= 0.6 is 15.9 Å².